The van der Waals surface area contributed by atoms with Crippen LogP contribution in [0.25, 0.3) is 0 Å². The van der Waals surface area contributed by atoms with E-state index < -0.39 is 18.2 Å². The molecule has 3 N–H and O–H groups in total. The molecule has 6 nitrogen and oxygen atoms in total. The van der Waals surface area contributed by atoms with Crippen LogP contribution in [-0.2, 0) is 14.3 Å². The second-order valence-electron chi connectivity index (χ2n) is 17.2. The minimum absolute atomic E-state index is 0.0407. The molecule has 3 unspecified atom stereocenters. The Morgan fingerprint density at radius 1 is 0.500 bits per heavy atom. The van der Waals surface area contributed by atoms with Crippen molar-refractivity contribution in [2.45, 2.75) is 277 Å². The lowest BCUT2D eigenvalue weighted by Gasteiger charge is -2.24. The Bertz CT molecular complexity index is 961. The molecule has 0 aliphatic carbocycles. The monoisotopic (exact) mass is 816 g/mol. The highest BCUT2D eigenvalue weighted by Crippen LogP contribution is 2.17. The number of carbonyl (C=O) groups is 2. The largest absolute Gasteiger partial charge is 0.462 e. The Morgan fingerprint density at radius 3 is 1.36 bits per heavy atom. The molecule has 340 valence electrons. The smallest absolute Gasteiger partial charge is 0.306 e. The van der Waals surface area contributed by atoms with Gasteiger partial charge in [-0.1, -0.05) is 211 Å². The molecule has 0 aromatic heterocycles. The third-order valence-corrected chi connectivity index (χ3v) is 11.5. The van der Waals surface area contributed by atoms with Crippen LogP contribution in [0.1, 0.15) is 258 Å². The molecular formula is C52H97NO5. The maximum absolute atomic E-state index is 13.2. The number of aliphatic hydroxyl groups is 2. The zero-order valence-corrected chi connectivity index (χ0v) is 38.7. The number of ether oxygens (including phenoxy) is 1. The van der Waals surface area contributed by atoms with Crippen molar-refractivity contribution in [2.75, 3.05) is 6.61 Å². The van der Waals surface area contributed by atoms with Crippen LogP contribution in [0.5, 0.6) is 0 Å². The van der Waals surface area contributed by atoms with E-state index in [0.717, 1.165) is 70.6 Å². The van der Waals surface area contributed by atoms with Crippen molar-refractivity contribution in [2.24, 2.45) is 0 Å². The summed E-state index contributed by atoms with van der Waals surface area (Å²) >= 11 is 0. The van der Waals surface area contributed by atoms with Gasteiger partial charge in [-0.05, 0) is 70.6 Å². The van der Waals surface area contributed by atoms with Crippen molar-refractivity contribution < 1.29 is 24.5 Å². The fourth-order valence-corrected chi connectivity index (χ4v) is 7.60. The Kier molecular flexibility index (Phi) is 44.6. The van der Waals surface area contributed by atoms with Crippen LogP contribution < -0.4 is 5.32 Å². The molecule has 0 fully saturated rings. The standard InChI is InChI=1S/C52H97NO5/c1-4-7-10-13-16-19-22-24-26-29-31-34-37-40-43-48(58-52(57)45-42-39-36-33-30-27-25-23-20-17-14-11-8-5-2)46-51(56)53-49(47-54)50(55)44-41-38-35-32-28-21-18-15-12-9-6-3/h26-27,29-31,34,48-50,54-55H,4-25,28,32-33,35-47H2,1-3H3,(H,53,56)/b29-26+,30-27-,34-31+. The van der Waals surface area contributed by atoms with Crippen LogP contribution in [0.3, 0.4) is 0 Å². The number of nitrogens with one attached hydrogen (secondary N) is 1. The number of amides is 1. The number of esters is 1. The number of allylic oxidation sites excluding steroid dienone is 6. The number of hydrogen-bond donors (Lipinski definition) is 3. The third kappa shape index (κ3) is 40.8. The molecule has 0 radical (unpaired) electrons. The van der Waals surface area contributed by atoms with Crippen LogP contribution in [0.2, 0.25) is 0 Å². The van der Waals surface area contributed by atoms with Crippen molar-refractivity contribution in [1.82, 2.24) is 5.32 Å². The summed E-state index contributed by atoms with van der Waals surface area (Å²) in [5.41, 5.74) is 0. The maximum Gasteiger partial charge on any atom is 0.306 e. The lowest BCUT2D eigenvalue weighted by molar-refractivity contribution is -0.151. The van der Waals surface area contributed by atoms with Gasteiger partial charge in [0.15, 0.2) is 0 Å². The van der Waals surface area contributed by atoms with Gasteiger partial charge >= 0.3 is 5.97 Å². The van der Waals surface area contributed by atoms with E-state index in [1.54, 1.807) is 0 Å². The Labute approximate surface area is 360 Å². The van der Waals surface area contributed by atoms with Gasteiger partial charge < -0.3 is 20.3 Å². The first-order valence-electron chi connectivity index (χ1n) is 25.2. The zero-order valence-electron chi connectivity index (χ0n) is 38.7. The van der Waals surface area contributed by atoms with E-state index in [1.165, 1.54) is 141 Å². The van der Waals surface area contributed by atoms with Gasteiger partial charge in [0.2, 0.25) is 5.91 Å². The predicted octanol–water partition coefficient (Wildman–Crippen LogP) is 14.9. The SMILES string of the molecule is CCCCCCCCC/C=C\CCCCCC(=O)OC(CCC/C=C/C=C/CCCCCCCCC)CC(=O)NC(CO)C(O)CCCCCCCCCCCCC. The molecule has 0 saturated heterocycles. The lowest BCUT2D eigenvalue weighted by atomic mass is 10.0. The van der Waals surface area contributed by atoms with Crippen molar-refractivity contribution >= 4 is 11.9 Å². The quantitative estimate of drug-likeness (QED) is 0.0246. The molecular weight excluding hydrogens is 719 g/mol. The average Bonchev–Trinajstić information content (AvgIpc) is 3.22. The van der Waals surface area contributed by atoms with E-state index in [4.69, 9.17) is 4.74 Å². The first-order chi connectivity index (χ1) is 28.5. The summed E-state index contributed by atoms with van der Waals surface area (Å²) in [6.07, 6.45) is 53.5. The van der Waals surface area contributed by atoms with Gasteiger partial charge in [0.05, 0.1) is 25.2 Å². The molecule has 0 aliphatic rings. The summed E-state index contributed by atoms with van der Waals surface area (Å²) in [4.78, 5) is 26.1. The molecule has 0 aliphatic heterocycles. The van der Waals surface area contributed by atoms with E-state index >= 15 is 0 Å². The van der Waals surface area contributed by atoms with Crippen molar-refractivity contribution in [1.29, 1.82) is 0 Å². The second kappa shape index (κ2) is 46.2. The lowest BCUT2D eigenvalue weighted by Crippen LogP contribution is -2.46. The van der Waals surface area contributed by atoms with Crippen LogP contribution >= 0.6 is 0 Å². The molecule has 6 heteroatoms. The Morgan fingerprint density at radius 2 is 0.897 bits per heavy atom. The summed E-state index contributed by atoms with van der Waals surface area (Å²) in [6, 6.07) is -0.715. The number of aliphatic hydroxyl groups excluding tert-OH is 2. The molecule has 0 aromatic rings. The highest BCUT2D eigenvalue weighted by atomic mass is 16.5. The number of unbranched alkanes of at least 4 members (excludes halogenated alkanes) is 28. The summed E-state index contributed by atoms with van der Waals surface area (Å²) in [6.45, 7) is 6.45. The van der Waals surface area contributed by atoms with Crippen LogP contribution in [0.4, 0.5) is 0 Å². The zero-order chi connectivity index (χ0) is 42.4. The first-order valence-corrected chi connectivity index (χ1v) is 25.2. The number of carbonyl (C=O) groups excluding carboxylic acids is 2. The highest BCUT2D eigenvalue weighted by Gasteiger charge is 2.24. The predicted molar refractivity (Wildman–Crippen MR) is 250 cm³/mol. The molecule has 0 aromatic carbocycles. The van der Waals surface area contributed by atoms with Gasteiger partial charge in [0.25, 0.3) is 0 Å². The number of hydrogen-bond acceptors (Lipinski definition) is 5. The van der Waals surface area contributed by atoms with Crippen LogP contribution in [0.15, 0.2) is 36.5 Å². The van der Waals surface area contributed by atoms with E-state index in [9.17, 15) is 19.8 Å². The minimum Gasteiger partial charge on any atom is -0.462 e. The molecule has 0 spiro atoms. The normalized spacial score (nSPS) is 13.5. The minimum atomic E-state index is -0.798. The van der Waals surface area contributed by atoms with Gasteiger partial charge in [-0.15, -0.1) is 0 Å². The van der Waals surface area contributed by atoms with Gasteiger partial charge in [0.1, 0.15) is 6.10 Å². The summed E-state index contributed by atoms with van der Waals surface area (Å²) < 4.78 is 5.89. The topological polar surface area (TPSA) is 95.9 Å². The molecule has 0 rings (SSSR count). The van der Waals surface area contributed by atoms with E-state index in [0.29, 0.717) is 19.3 Å². The van der Waals surface area contributed by atoms with Gasteiger partial charge in [-0.25, -0.2) is 0 Å². The van der Waals surface area contributed by atoms with Crippen molar-refractivity contribution in [3.05, 3.63) is 36.5 Å². The summed E-state index contributed by atoms with van der Waals surface area (Å²) in [5, 5.41) is 23.7. The summed E-state index contributed by atoms with van der Waals surface area (Å²) in [7, 11) is 0. The Hall–Kier alpha value is -1.92. The van der Waals surface area contributed by atoms with Crippen LogP contribution in [0, 0.1) is 0 Å². The molecule has 0 saturated carbocycles. The van der Waals surface area contributed by atoms with E-state index in [2.05, 4.69) is 62.5 Å². The van der Waals surface area contributed by atoms with Gasteiger partial charge in [0, 0.05) is 6.42 Å². The molecule has 1 amide bonds. The molecule has 0 bridgehead atoms. The highest BCUT2D eigenvalue weighted by molar-refractivity contribution is 5.77. The van der Waals surface area contributed by atoms with E-state index in [1.807, 2.05) is 0 Å². The maximum atomic E-state index is 13.2. The molecule has 3 atom stereocenters. The first kappa shape index (κ1) is 56.1. The van der Waals surface area contributed by atoms with Gasteiger partial charge in [-0.3, -0.25) is 9.59 Å². The van der Waals surface area contributed by atoms with Crippen molar-refractivity contribution in [3.8, 4) is 0 Å². The average molecular weight is 816 g/mol. The molecule has 58 heavy (non-hydrogen) atoms. The Balaban J connectivity index is 4.67. The molecule has 0 heterocycles. The fourth-order valence-electron chi connectivity index (χ4n) is 7.60. The summed E-state index contributed by atoms with van der Waals surface area (Å²) in [5.74, 6) is -0.534. The van der Waals surface area contributed by atoms with E-state index in [-0.39, 0.29) is 24.9 Å². The third-order valence-electron chi connectivity index (χ3n) is 11.5. The fraction of sp³-hybridized carbons (Fsp3) is 0.846. The van der Waals surface area contributed by atoms with Crippen LogP contribution in [-0.4, -0.2) is 46.9 Å². The second-order valence-corrected chi connectivity index (χ2v) is 17.2. The van der Waals surface area contributed by atoms with Crippen molar-refractivity contribution in [3.63, 3.8) is 0 Å². The number of rotatable bonds is 45. The van der Waals surface area contributed by atoms with Gasteiger partial charge in [-0.2, -0.15) is 0 Å².